The first-order valence-electron chi connectivity index (χ1n) is 5.09. The molecule has 1 N–H and O–H groups in total. The molecule has 1 aromatic heterocycles. The molecule has 0 radical (unpaired) electrons. The van der Waals surface area contributed by atoms with E-state index in [0.717, 1.165) is 10.0 Å². The van der Waals surface area contributed by atoms with Crippen LogP contribution in [0.4, 0.5) is 0 Å². The minimum atomic E-state index is -3.18. The van der Waals surface area contributed by atoms with Crippen LogP contribution in [-0.4, -0.2) is 19.2 Å². The van der Waals surface area contributed by atoms with Gasteiger partial charge < -0.3 is 0 Å². The van der Waals surface area contributed by atoms with Crippen molar-refractivity contribution in [3.8, 4) is 0 Å². The summed E-state index contributed by atoms with van der Waals surface area (Å²) < 4.78 is 26.5. The summed E-state index contributed by atoms with van der Waals surface area (Å²) >= 11 is 3.32. The molecule has 0 aliphatic carbocycles. The number of aromatic nitrogens is 1. The Morgan fingerprint density at radius 1 is 1.44 bits per heavy atom. The number of hydrogen-bond donors (Lipinski definition) is 1. The molecule has 0 aromatic carbocycles. The largest absolute Gasteiger partial charge is 0.263 e. The Balaban J connectivity index is 2.91. The molecule has 6 heteroatoms. The van der Waals surface area contributed by atoms with Crippen LogP contribution in [0, 0.1) is 0 Å². The maximum absolute atomic E-state index is 11.5. The molecule has 0 unspecified atom stereocenters. The Labute approximate surface area is 105 Å². The van der Waals surface area contributed by atoms with Crippen LogP contribution in [0.25, 0.3) is 0 Å². The molecule has 90 valence electrons. The van der Waals surface area contributed by atoms with E-state index < -0.39 is 10.0 Å². The summed E-state index contributed by atoms with van der Waals surface area (Å²) in [6.45, 7) is 3.55. The standard InChI is InChI=1S/C10H15BrN2O2S/c1-3-10(13-16(14,15)4-2)8-5-9(11)7-12-6-8/h5-7,10,13H,3-4H2,1-2H3/t10-/m0/s1. The van der Waals surface area contributed by atoms with E-state index in [0.29, 0.717) is 6.42 Å². The molecule has 0 spiro atoms. The van der Waals surface area contributed by atoms with Crippen molar-refractivity contribution in [1.82, 2.24) is 9.71 Å². The Morgan fingerprint density at radius 3 is 2.62 bits per heavy atom. The zero-order chi connectivity index (χ0) is 12.2. The molecule has 0 saturated carbocycles. The van der Waals surface area contributed by atoms with Crippen LogP contribution in [0.2, 0.25) is 0 Å². The van der Waals surface area contributed by atoms with E-state index in [4.69, 9.17) is 0 Å². The van der Waals surface area contributed by atoms with E-state index in [1.165, 1.54) is 0 Å². The second kappa shape index (κ2) is 5.75. The topological polar surface area (TPSA) is 59.1 Å². The molecule has 0 aliphatic rings. The zero-order valence-corrected chi connectivity index (χ0v) is 11.7. The van der Waals surface area contributed by atoms with E-state index >= 15 is 0 Å². The summed E-state index contributed by atoms with van der Waals surface area (Å²) in [5, 5.41) is 0. The fourth-order valence-electron chi connectivity index (χ4n) is 1.31. The van der Waals surface area contributed by atoms with Gasteiger partial charge in [0, 0.05) is 22.9 Å². The molecule has 0 bridgehead atoms. The van der Waals surface area contributed by atoms with Gasteiger partial charge in [-0.15, -0.1) is 0 Å². The lowest BCUT2D eigenvalue weighted by atomic mass is 10.1. The van der Waals surface area contributed by atoms with Crippen LogP contribution < -0.4 is 4.72 Å². The van der Waals surface area contributed by atoms with E-state index in [1.807, 2.05) is 13.0 Å². The molecule has 1 rings (SSSR count). The number of pyridine rings is 1. The summed E-state index contributed by atoms with van der Waals surface area (Å²) in [5.74, 6) is 0.0882. The van der Waals surface area contributed by atoms with Crippen LogP contribution in [0.3, 0.4) is 0 Å². The highest BCUT2D eigenvalue weighted by atomic mass is 79.9. The van der Waals surface area contributed by atoms with Crippen molar-refractivity contribution < 1.29 is 8.42 Å². The molecular formula is C10H15BrN2O2S. The fraction of sp³-hybridized carbons (Fsp3) is 0.500. The van der Waals surface area contributed by atoms with Gasteiger partial charge in [0.2, 0.25) is 10.0 Å². The predicted octanol–water partition coefficient (Wildman–Crippen LogP) is 2.23. The van der Waals surface area contributed by atoms with E-state index in [-0.39, 0.29) is 11.8 Å². The Morgan fingerprint density at radius 2 is 2.12 bits per heavy atom. The summed E-state index contributed by atoms with van der Waals surface area (Å²) in [7, 11) is -3.18. The van der Waals surface area contributed by atoms with Crippen LogP contribution in [0.15, 0.2) is 22.9 Å². The third-order valence-electron chi connectivity index (χ3n) is 2.24. The van der Waals surface area contributed by atoms with Crippen molar-refractivity contribution >= 4 is 26.0 Å². The third-order valence-corrected chi connectivity index (χ3v) is 4.08. The average Bonchev–Trinajstić information content (AvgIpc) is 2.26. The lowest BCUT2D eigenvalue weighted by molar-refractivity contribution is 0.550. The molecule has 0 aliphatic heterocycles. The van der Waals surface area contributed by atoms with Gasteiger partial charge in [0.05, 0.1) is 5.75 Å². The summed E-state index contributed by atoms with van der Waals surface area (Å²) in [5.41, 5.74) is 0.869. The monoisotopic (exact) mass is 306 g/mol. The second-order valence-electron chi connectivity index (χ2n) is 3.42. The minimum absolute atomic E-state index is 0.0882. The van der Waals surface area contributed by atoms with Gasteiger partial charge in [0.15, 0.2) is 0 Å². The number of nitrogens with zero attached hydrogens (tertiary/aromatic N) is 1. The predicted molar refractivity (Wildman–Crippen MR) is 67.6 cm³/mol. The van der Waals surface area contributed by atoms with Crippen LogP contribution in [-0.2, 0) is 10.0 Å². The van der Waals surface area contributed by atoms with Gasteiger partial charge in [-0.05, 0) is 40.9 Å². The molecule has 1 heterocycles. The highest BCUT2D eigenvalue weighted by Crippen LogP contribution is 2.20. The van der Waals surface area contributed by atoms with Crippen molar-refractivity contribution in [2.45, 2.75) is 26.3 Å². The first kappa shape index (κ1) is 13.6. The molecule has 16 heavy (non-hydrogen) atoms. The first-order valence-corrected chi connectivity index (χ1v) is 7.53. The van der Waals surface area contributed by atoms with Gasteiger partial charge in [-0.1, -0.05) is 6.92 Å². The van der Waals surface area contributed by atoms with Gasteiger partial charge in [0.25, 0.3) is 0 Å². The van der Waals surface area contributed by atoms with Gasteiger partial charge in [-0.25, -0.2) is 13.1 Å². The molecule has 4 nitrogen and oxygen atoms in total. The van der Waals surface area contributed by atoms with Crippen LogP contribution in [0.5, 0.6) is 0 Å². The SMILES string of the molecule is CC[C@H](NS(=O)(=O)CC)c1cncc(Br)c1. The Hall–Kier alpha value is -0.460. The second-order valence-corrected chi connectivity index (χ2v) is 6.38. The summed E-state index contributed by atoms with van der Waals surface area (Å²) in [6.07, 6.45) is 4.04. The lowest BCUT2D eigenvalue weighted by Crippen LogP contribution is -2.29. The van der Waals surface area contributed by atoms with Crippen molar-refractivity contribution in [3.05, 3.63) is 28.5 Å². The highest BCUT2D eigenvalue weighted by Gasteiger charge is 2.16. The molecule has 0 amide bonds. The summed E-state index contributed by atoms with van der Waals surface area (Å²) in [4.78, 5) is 4.03. The van der Waals surface area contributed by atoms with Gasteiger partial charge in [-0.2, -0.15) is 0 Å². The van der Waals surface area contributed by atoms with Gasteiger partial charge in [0.1, 0.15) is 0 Å². The van der Waals surface area contributed by atoms with E-state index in [2.05, 4.69) is 25.6 Å². The number of sulfonamides is 1. The molecular weight excluding hydrogens is 292 g/mol. The summed E-state index contributed by atoms with van der Waals surface area (Å²) in [6, 6.07) is 1.66. The molecule has 0 saturated heterocycles. The van der Waals surface area contributed by atoms with Crippen molar-refractivity contribution in [2.24, 2.45) is 0 Å². The fourth-order valence-corrected chi connectivity index (χ4v) is 2.59. The number of halogens is 1. The van der Waals surface area contributed by atoms with Crippen molar-refractivity contribution in [2.75, 3.05) is 5.75 Å². The van der Waals surface area contributed by atoms with Crippen molar-refractivity contribution in [1.29, 1.82) is 0 Å². The van der Waals surface area contributed by atoms with Crippen LogP contribution in [0.1, 0.15) is 31.9 Å². The minimum Gasteiger partial charge on any atom is -0.263 e. The number of rotatable bonds is 5. The molecule has 1 atom stereocenters. The Kier molecular flexibility index (Phi) is 4.89. The van der Waals surface area contributed by atoms with Crippen LogP contribution >= 0.6 is 15.9 Å². The lowest BCUT2D eigenvalue weighted by Gasteiger charge is -2.16. The quantitative estimate of drug-likeness (QED) is 0.907. The van der Waals surface area contributed by atoms with E-state index in [9.17, 15) is 8.42 Å². The van der Waals surface area contributed by atoms with E-state index in [1.54, 1.807) is 19.3 Å². The van der Waals surface area contributed by atoms with Crippen molar-refractivity contribution in [3.63, 3.8) is 0 Å². The third kappa shape index (κ3) is 3.84. The number of nitrogens with one attached hydrogen (secondary N) is 1. The Bertz CT molecular complexity index is 448. The maximum atomic E-state index is 11.5. The van der Waals surface area contributed by atoms with Gasteiger partial charge >= 0.3 is 0 Å². The normalized spacial score (nSPS) is 13.7. The van der Waals surface area contributed by atoms with Gasteiger partial charge in [-0.3, -0.25) is 4.98 Å². The maximum Gasteiger partial charge on any atom is 0.211 e. The number of hydrogen-bond acceptors (Lipinski definition) is 3. The molecule has 0 fully saturated rings. The smallest absolute Gasteiger partial charge is 0.211 e. The zero-order valence-electron chi connectivity index (χ0n) is 9.27. The first-order chi connectivity index (χ1) is 7.48. The average molecular weight is 307 g/mol. The molecule has 1 aromatic rings. The highest BCUT2D eigenvalue weighted by molar-refractivity contribution is 9.10.